The molecule has 4 nitrogen and oxygen atoms in total. The minimum atomic E-state index is -0.345. The van der Waals surface area contributed by atoms with E-state index in [1.807, 2.05) is 44.2 Å². The molecule has 0 spiro atoms. The van der Waals surface area contributed by atoms with Crippen molar-refractivity contribution in [2.45, 2.75) is 33.8 Å². The van der Waals surface area contributed by atoms with Crippen LogP contribution in [0, 0.1) is 17.4 Å². The van der Waals surface area contributed by atoms with Gasteiger partial charge in [0.05, 0.1) is 5.69 Å². The minimum Gasteiger partial charge on any atom is -0.489 e. The standard InChI is InChI=1S/C18H20INO3/c1-4-17(21)20(22)18-14(6-5-7-15(18)19)11-23-16-9-8-12(2)10-13(16)3/h5-10,22H,4,11H2,1-3H3. The van der Waals surface area contributed by atoms with Crippen molar-refractivity contribution in [1.82, 2.24) is 0 Å². The number of halogens is 1. The van der Waals surface area contributed by atoms with Crippen molar-refractivity contribution in [3.8, 4) is 5.75 Å². The van der Waals surface area contributed by atoms with Gasteiger partial charge in [0.15, 0.2) is 0 Å². The highest BCUT2D eigenvalue weighted by molar-refractivity contribution is 14.1. The lowest BCUT2D eigenvalue weighted by atomic mass is 10.1. The molecule has 0 radical (unpaired) electrons. The highest BCUT2D eigenvalue weighted by atomic mass is 127. The van der Waals surface area contributed by atoms with E-state index in [1.54, 1.807) is 6.92 Å². The number of para-hydroxylation sites is 1. The van der Waals surface area contributed by atoms with Gasteiger partial charge in [0.2, 0.25) is 5.91 Å². The molecule has 1 N–H and O–H groups in total. The molecule has 5 heteroatoms. The first-order chi connectivity index (χ1) is 10.9. The van der Waals surface area contributed by atoms with Crippen molar-refractivity contribution in [2.24, 2.45) is 0 Å². The van der Waals surface area contributed by atoms with E-state index < -0.39 is 0 Å². The summed E-state index contributed by atoms with van der Waals surface area (Å²) >= 11 is 2.11. The number of amides is 1. The van der Waals surface area contributed by atoms with Gasteiger partial charge < -0.3 is 4.74 Å². The Hall–Kier alpha value is -1.60. The van der Waals surface area contributed by atoms with E-state index in [1.165, 1.54) is 5.56 Å². The lowest BCUT2D eigenvalue weighted by Gasteiger charge is -2.20. The number of carbonyl (C=O) groups excluding carboxylic acids is 1. The first-order valence-electron chi connectivity index (χ1n) is 7.43. The Balaban J connectivity index is 2.26. The van der Waals surface area contributed by atoms with Gasteiger partial charge >= 0.3 is 0 Å². The van der Waals surface area contributed by atoms with Crippen molar-refractivity contribution in [3.63, 3.8) is 0 Å². The second-order valence-electron chi connectivity index (χ2n) is 5.36. The summed E-state index contributed by atoms with van der Waals surface area (Å²) in [6, 6.07) is 11.6. The molecule has 2 aromatic carbocycles. The molecule has 0 heterocycles. The number of aryl methyl sites for hydroxylation is 2. The van der Waals surface area contributed by atoms with Gasteiger partial charge in [0.25, 0.3) is 0 Å². The molecule has 0 aromatic heterocycles. The minimum absolute atomic E-state index is 0.235. The van der Waals surface area contributed by atoms with Crippen LogP contribution in [0.5, 0.6) is 5.75 Å². The number of ether oxygens (including phenoxy) is 1. The fourth-order valence-corrected chi connectivity index (χ4v) is 3.09. The molecule has 0 unspecified atom stereocenters. The quantitative estimate of drug-likeness (QED) is 0.432. The van der Waals surface area contributed by atoms with Crippen molar-refractivity contribution in [3.05, 3.63) is 56.7 Å². The van der Waals surface area contributed by atoms with Gasteiger partial charge in [-0.05, 0) is 54.1 Å². The first-order valence-corrected chi connectivity index (χ1v) is 8.51. The van der Waals surface area contributed by atoms with Crippen LogP contribution in [0.2, 0.25) is 0 Å². The van der Waals surface area contributed by atoms with E-state index in [0.717, 1.165) is 25.5 Å². The van der Waals surface area contributed by atoms with Crippen LogP contribution in [-0.4, -0.2) is 11.1 Å². The zero-order valence-electron chi connectivity index (χ0n) is 13.5. The SMILES string of the molecule is CCC(=O)N(O)c1c(I)cccc1COc1ccc(C)cc1C. The van der Waals surface area contributed by atoms with Crippen LogP contribution < -0.4 is 9.80 Å². The van der Waals surface area contributed by atoms with Crippen LogP contribution in [0.4, 0.5) is 5.69 Å². The number of carbonyl (C=O) groups is 1. The third-order valence-electron chi connectivity index (χ3n) is 3.53. The van der Waals surface area contributed by atoms with Crippen LogP contribution in [0.3, 0.4) is 0 Å². The number of rotatable bonds is 5. The summed E-state index contributed by atoms with van der Waals surface area (Å²) < 4.78 is 6.68. The Bertz CT molecular complexity index is 715. The van der Waals surface area contributed by atoms with E-state index in [9.17, 15) is 10.0 Å². The van der Waals surface area contributed by atoms with Crippen LogP contribution in [0.25, 0.3) is 0 Å². The Labute approximate surface area is 150 Å². The predicted octanol–water partition coefficient (Wildman–Crippen LogP) is 4.62. The molecule has 0 aliphatic carbocycles. The van der Waals surface area contributed by atoms with Gasteiger partial charge in [-0.1, -0.05) is 36.8 Å². The molecular formula is C18H20INO3. The Morgan fingerprint density at radius 1 is 1.26 bits per heavy atom. The van der Waals surface area contributed by atoms with Gasteiger partial charge in [-0.3, -0.25) is 10.0 Å². The lowest BCUT2D eigenvalue weighted by molar-refractivity contribution is -0.123. The summed E-state index contributed by atoms with van der Waals surface area (Å²) in [6.07, 6.45) is 0.235. The van der Waals surface area contributed by atoms with E-state index in [0.29, 0.717) is 5.69 Å². The number of nitrogens with zero attached hydrogens (tertiary/aromatic N) is 1. The maximum atomic E-state index is 11.8. The third kappa shape index (κ3) is 4.23. The number of benzene rings is 2. The molecule has 0 saturated heterocycles. The molecule has 122 valence electrons. The Kier molecular flexibility index (Phi) is 6.01. The molecule has 0 atom stereocenters. The maximum absolute atomic E-state index is 11.8. The molecule has 0 saturated carbocycles. The van der Waals surface area contributed by atoms with Gasteiger partial charge in [-0.25, -0.2) is 0 Å². The van der Waals surface area contributed by atoms with E-state index in [-0.39, 0.29) is 18.9 Å². The Morgan fingerprint density at radius 2 is 2.00 bits per heavy atom. The lowest BCUT2D eigenvalue weighted by Crippen LogP contribution is -2.28. The smallest absolute Gasteiger partial charge is 0.250 e. The summed E-state index contributed by atoms with van der Waals surface area (Å²) in [4.78, 5) is 11.8. The molecule has 0 aliphatic heterocycles. The maximum Gasteiger partial charge on any atom is 0.250 e. The van der Waals surface area contributed by atoms with Crippen LogP contribution in [0.15, 0.2) is 36.4 Å². The first kappa shape index (κ1) is 17.7. The number of hydroxylamine groups is 1. The van der Waals surface area contributed by atoms with Crippen LogP contribution in [-0.2, 0) is 11.4 Å². The topological polar surface area (TPSA) is 49.8 Å². The molecular weight excluding hydrogens is 405 g/mol. The third-order valence-corrected chi connectivity index (χ3v) is 4.40. The van der Waals surface area contributed by atoms with Gasteiger partial charge in [-0.2, -0.15) is 5.06 Å². The van der Waals surface area contributed by atoms with E-state index in [4.69, 9.17) is 4.74 Å². The molecule has 2 rings (SSSR count). The fourth-order valence-electron chi connectivity index (χ4n) is 2.30. The monoisotopic (exact) mass is 425 g/mol. The van der Waals surface area contributed by atoms with E-state index in [2.05, 4.69) is 28.7 Å². The van der Waals surface area contributed by atoms with Crippen molar-refractivity contribution >= 4 is 34.2 Å². The molecule has 0 aliphatic rings. The summed E-state index contributed by atoms with van der Waals surface area (Å²) in [5.41, 5.74) is 3.49. The molecule has 0 fully saturated rings. The van der Waals surface area contributed by atoms with Gasteiger partial charge in [-0.15, -0.1) is 0 Å². The van der Waals surface area contributed by atoms with Crippen LogP contribution >= 0.6 is 22.6 Å². The second-order valence-corrected chi connectivity index (χ2v) is 6.53. The van der Waals surface area contributed by atoms with Crippen molar-refractivity contribution < 1.29 is 14.7 Å². The average Bonchev–Trinajstić information content (AvgIpc) is 2.52. The largest absolute Gasteiger partial charge is 0.489 e. The summed E-state index contributed by atoms with van der Waals surface area (Å²) in [6.45, 7) is 6.03. The van der Waals surface area contributed by atoms with Crippen molar-refractivity contribution in [1.29, 1.82) is 0 Å². The zero-order valence-corrected chi connectivity index (χ0v) is 15.6. The summed E-state index contributed by atoms with van der Waals surface area (Å²) in [5, 5.41) is 10.9. The summed E-state index contributed by atoms with van der Waals surface area (Å²) in [7, 11) is 0. The normalized spacial score (nSPS) is 10.5. The molecule has 1 amide bonds. The van der Waals surface area contributed by atoms with E-state index >= 15 is 0 Å². The summed E-state index contributed by atoms with van der Waals surface area (Å²) in [5.74, 6) is 0.452. The molecule has 23 heavy (non-hydrogen) atoms. The Morgan fingerprint density at radius 3 is 2.65 bits per heavy atom. The highest BCUT2D eigenvalue weighted by Crippen LogP contribution is 2.28. The molecule has 0 bridgehead atoms. The number of anilines is 1. The second kappa shape index (κ2) is 7.79. The van der Waals surface area contributed by atoms with Crippen molar-refractivity contribution in [2.75, 3.05) is 5.06 Å². The number of hydrogen-bond acceptors (Lipinski definition) is 3. The molecule has 2 aromatic rings. The van der Waals surface area contributed by atoms with Gasteiger partial charge in [0.1, 0.15) is 12.4 Å². The predicted molar refractivity (Wildman–Crippen MR) is 99.0 cm³/mol. The number of hydrogen-bond donors (Lipinski definition) is 1. The van der Waals surface area contributed by atoms with Gasteiger partial charge in [0, 0.05) is 15.6 Å². The van der Waals surface area contributed by atoms with Crippen LogP contribution in [0.1, 0.15) is 30.0 Å². The fraction of sp³-hybridized carbons (Fsp3) is 0.278. The zero-order chi connectivity index (χ0) is 17.0. The average molecular weight is 425 g/mol. The highest BCUT2D eigenvalue weighted by Gasteiger charge is 2.18.